The lowest BCUT2D eigenvalue weighted by molar-refractivity contribution is 0.531. The molecule has 0 bridgehead atoms. The van der Waals surface area contributed by atoms with E-state index >= 15 is 0 Å². The zero-order chi connectivity index (χ0) is 11.6. The van der Waals surface area contributed by atoms with Gasteiger partial charge in [0.1, 0.15) is 15.8 Å². The molecule has 86 valence electrons. The highest BCUT2D eigenvalue weighted by atomic mass is 79.9. The van der Waals surface area contributed by atoms with Gasteiger partial charge in [-0.25, -0.2) is 4.98 Å². The molecular weight excluding hydrogens is 296 g/mol. The molecule has 0 spiro atoms. The molecule has 0 amide bonds. The van der Waals surface area contributed by atoms with Crippen LogP contribution in [0.5, 0.6) is 0 Å². The number of thiazole rings is 1. The Labute approximate surface area is 106 Å². The van der Waals surface area contributed by atoms with E-state index in [1.54, 1.807) is 17.5 Å². The zero-order valence-corrected chi connectivity index (χ0v) is 12.4. The molecular formula is C9H15BrN2OS2. The van der Waals surface area contributed by atoms with E-state index in [9.17, 15) is 4.55 Å². The monoisotopic (exact) mass is 310 g/mol. The molecule has 0 aliphatic rings. The molecule has 0 aliphatic heterocycles. The van der Waals surface area contributed by atoms with Crippen LogP contribution in [0.25, 0.3) is 0 Å². The normalized spacial score (nSPS) is 16.4. The van der Waals surface area contributed by atoms with Gasteiger partial charge in [-0.2, -0.15) is 0 Å². The Morgan fingerprint density at radius 3 is 2.60 bits per heavy atom. The predicted molar refractivity (Wildman–Crippen MR) is 69.3 cm³/mol. The molecule has 0 radical (unpaired) electrons. The van der Waals surface area contributed by atoms with Crippen molar-refractivity contribution in [3.8, 4) is 0 Å². The van der Waals surface area contributed by atoms with Crippen molar-refractivity contribution >= 4 is 38.6 Å². The summed E-state index contributed by atoms with van der Waals surface area (Å²) in [5, 5.41) is 0.944. The highest BCUT2D eigenvalue weighted by molar-refractivity contribution is 9.11. The van der Waals surface area contributed by atoms with Gasteiger partial charge in [-0.3, -0.25) is 0 Å². The first-order valence-electron chi connectivity index (χ1n) is 4.60. The van der Waals surface area contributed by atoms with E-state index in [1.165, 1.54) is 0 Å². The summed E-state index contributed by atoms with van der Waals surface area (Å²) in [7, 11) is 0. The first-order valence-corrected chi connectivity index (χ1v) is 7.36. The quantitative estimate of drug-likeness (QED) is 0.873. The lowest BCUT2D eigenvalue weighted by Crippen LogP contribution is -2.40. The van der Waals surface area contributed by atoms with Crippen molar-refractivity contribution in [1.29, 1.82) is 0 Å². The van der Waals surface area contributed by atoms with E-state index in [-0.39, 0.29) is 10.8 Å². The summed E-state index contributed by atoms with van der Waals surface area (Å²) in [6.45, 7) is 7.80. The summed E-state index contributed by atoms with van der Waals surface area (Å²) < 4.78 is 15.6. The molecule has 1 aromatic heterocycles. The predicted octanol–water partition coefficient (Wildman–Crippen LogP) is 3.02. The fourth-order valence-electron chi connectivity index (χ4n) is 0.855. The van der Waals surface area contributed by atoms with Crippen LogP contribution in [0.15, 0.2) is 9.98 Å². The smallest absolute Gasteiger partial charge is 0.136 e. The van der Waals surface area contributed by atoms with Crippen LogP contribution in [-0.4, -0.2) is 14.3 Å². The number of halogens is 1. The van der Waals surface area contributed by atoms with Crippen LogP contribution in [0.1, 0.15) is 38.7 Å². The van der Waals surface area contributed by atoms with Crippen LogP contribution in [0.2, 0.25) is 0 Å². The van der Waals surface area contributed by atoms with Crippen molar-refractivity contribution in [2.75, 3.05) is 0 Å². The molecule has 0 saturated heterocycles. The van der Waals surface area contributed by atoms with Crippen LogP contribution in [0.3, 0.4) is 0 Å². The summed E-state index contributed by atoms with van der Waals surface area (Å²) in [6, 6.07) is 0.0151. The van der Waals surface area contributed by atoms with Gasteiger partial charge in [0.05, 0.1) is 9.98 Å². The van der Waals surface area contributed by atoms with E-state index in [4.69, 9.17) is 0 Å². The van der Waals surface area contributed by atoms with Crippen LogP contribution in [0, 0.1) is 0 Å². The molecule has 0 aliphatic carbocycles. The molecule has 2 atom stereocenters. The van der Waals surface area contributed by atoms with Gasteiger partial charge >= 0.3 is 0 Å². The minimum atomic E-state index is -1.06. The first-order chi connectivity index (χ1) is 6.80. The number of hydrogen-bond donors (Lipinski definition) is 1. The largest absolute Gasteiger partial charge is 0.598 e. The molecule has 15 heavy (non-hydrogen) atoms. The third-order valence-electron chi connectivity index (χ3n) is 1.71. The summed E-state index contributed by atoms with van der Waals surface area (Å²) in [6.07, 6.45) is 1.76. The van der Waals surface area contributed by atoms with E-state index in [2.05, 4.69) is 25.6 Å². The minimum absolute atomic E-state index is 0.0151. The molecule has 1 rings (SSSR count). The molecule has 2 unspecified atom stereocenters. The Morgan fingerprint density at radius 1 is 1.60 bits per heavy atom. The second kappa shape index (κ2) is 5.14. The second-order valence-corrected chi connectivity index (χ2v) is 8.66. The number of nitrogens with zero attached hydrogens (tertiary/aromatic N) is 1. The standard InChI is InChI=1S/C9H15BrN2OS2/c1-6(8-11-5-7(10)14-8)12-15(13)9(2,3)4/h5-6,12H,1-4H3. The summed E-state index contributed by atoms with van der Waals surface area (Å²) in [5.74, 6) is 0. The van der Waals surface area contributed by atoms with E-state index in [1.807, 2.05) is 27.7 Å². The Balaban J connectivity index is 2.60. The minimum Gasteiger partial charge on any atom is -0.598 e. The SMILES string of the molecule is CC(N[S+]([O-])C(C)(C)C)c1ncc(Br)s1. The molecule has 1 aromatic rings. The Kier molecular flexibility index (Phi) is 4.61. The molecule has 0 aromatic carbocycles. The zero-order valence-electron chi connectivity index (χ0n) is 9.20. The van der Waals surface area contributed by atoms with Crippen LogP contribution >= 0.6 is 27.3 Å². The van der Waals surface area contributed by atoms with Crippen molar-refractivity contribution in [1.82, 2.24) is 9.71 Å². The molecule has 3 nitrogen and oxygen atoms in total. The van der Waals surface area contributed by atoms with E-state index in [0.29, 0.717) is 0 Å². The van der Waals surface area contributed by atoms with Crippen molar-refractivity contribution in [3.63, 3.8) is 0 Å². The highest BCUT2D eigenvalue weighted by Gasteiger charge is 2.29. The average molecular weight is 311 g/mol. The first kappa shape index (κ1) is 13.4. The van der Waals surface area contributed by atoms with Gasteiger partial charge in [-0.05, 0) is 43.6 Å². The maximum Gasteiger partial charge on any atom is 0.136 e. The van der Waals surface area contributed by atoms with E-state index in [0.717, 1.165) is 8.79 Å². The van der Waals surface area contributed by atoms with Gasteiger partial charge in [0.2, 0.25) is 0 Å². The van der Waals surface area contributed by atoms with Gasteiger partial charge in [-0.1, -0.05) is 0 Å². The highest BCUT2D eigenvalue weighted by Crippen LogP contribution is 2.26. The maximum absolute atomic E-state index is 11.8. The maximum atomic E-state index is 11.8. The van der Waals surface area contributed by atoms with Crippen molar-refractivity contribution < 1.29 is 4.55 Å². The summed E-state index contributed by atoms with van der Waals surface area (Å²) in [4.78, 5) is 4.23. The Hall–Kier alpha value is 0.380. The van der Waals surface area contributed by atoms with Crippen LogP contribution in [0.4, 0.5) is 0 Å². The van der Waals surface area contributed by atoms with Gasteiger partial charge < -0.3 is 4.55 Å². The van der Waals surface area contributed by atoms with E-state index < -0.39 is 11.4 Å². The lowest BCUT2D eigenvalue weighted by Gasteiger charge is -2.25. The van der Waals surface area contributed by atoms with Crippen molar-refractivity contribution in [2.45, 2.75) is 38.5 Å². The molecule has 6 heteroatoms. The van der Waals surface area contributed by atoms with Gasteiger partial charge in [0, 0.05) is 11.4 Å². The number of hydrogen-bond acceptors (Lipinski definition) is 4. The number of aromatic nitrogens is 1. The third-order valence-corrected chi connectivity index (χ3v) is 5.04. The lowest BCUT2D eigenvalue weighted by atomic mass is 10.3. The second-order valence-electron chi connectivity index (χ2n) is 4.22. The van der Waals surface area contributed by atoms with Crippen LogP contribution in [-0.2, 0) is 11.4 Å². The molecule has 1 N–H and O–H groups in total. The fourth-order valence-corrected chi connectivity index (χ4v) is 2.96. The third kappa shape index (κ3) is 4.03. The van der Waals surface area contributed by atoms with Crippen LogP contribution < -0.4 is 4.72 Å². The molecule has 0 fully saturated rings. The Bertz CT molecular complexity index is 324. The average Bonchev–Trinajstić information content (AvgIpc) is 2.50. The fraction of sp³-hybridized carbons (Fsp3) is 0.667. The van der Waals surface area contributed by atoms with Gasteiger partial charge in [-0.15, -0.1) is 16.1 Å². The van der Waals surface area contributed by atoms with Gasteiger partial charge in [0.15, 0.2) is 0 Å². The molecule has 1 heterocycles. The topological polar surface area (TPSA) is 48.0 Å². The van der Waals surface area contributed by atoms with Crippen molar-refractivity contribution in [3.05, 3.63) is 15.0 Å². The summed E-state index contributed by atoms with van der Waals surface area (Å²) >= 11 is 3.86. The molecule has 0 saturated carbocycles. The van der Waals surface area contributed by atoms with Gasteiger partial charge in [0.25, 0.3) is 0 Å². The Morgan fingerprint density at radius 2 is 2.20 bits per heavy atom. The van der Waals surface area contributed by atoms with Crippen molar-refractivity contribution in [2.24, 2.45) is 0 Å². The number of nitrogens with one attached hydrogen (secondary N) is 1. The number of rotatable bonds is 3. The summed E-state index contributed by atoms with van der Waals surface area (Å²) in [5.41, 5.74) is 0.